The second-order valence-corrected chi connectivity index (χ2v) is 6.58. The molecule has 0 fully saturated rings. The van der Waals surface area contributed by atoms with E-state index in [0.717, 1.165) is 35.0 Å². The Morgan fingerprint density at radius 2 is 1.88 bits per heavy atom. The zero-order valence-electron chi connectivity index (χ0n) is 16.1. The summed E-state index contributed by atoms with van der Waals surface area (Å²) >= 11 is 0. The van der Waals surface area contributed by atoms with Gasteiger partial charge in [0.05, 0.1) is 12.8 Å². The number of ether oxygens (including phenoxy) is 1. The Morgan fingerprint density at radius 3 is 2.54 bits per heavy atom. The minimum Gasteiger partial charge on any atom is -0.495 e. The molecule has 1 N–H and O–H groups in total. The molecule has 136 valence electrons. The summed E-state index contributed by atoms with van der Waals surface area (Å²) in [5.41, 5.74) is 5.87. The monoisotopic (exact) mass is 350 g/mol. The Bertz CT molecular complexity index is 970. The normalized spacial score (nSPS) is 11.0. The molecule has 3 aromatic rings. The molecule has 1 heterocycles. The molecule has 0 spiro atoms. The summed E-state index contributed by atoms with van der Waals surface area (Å²) in [7, 11) is 1.61. The highest BCUT2D eigenvalue weighted by atomic mass is 16.5. The van der Waals surface area contributed by atoms with Crippen LogP contribution in [0.25, 0.3) is 10.9 Å². The second-order valence-electron chi connectivity index (χ2n) is 6.58. The third-order valence-corrected chi connectivity index (χ3v) is 4.92. The molecule has 0 aliphatic carbocycles. The van der Waals surface area contributed by atoms with Gasteiger partial charge >= 0.3 is 0 Å². The van der Waals surface area contributed by atoms with Crippen LogP contribution in [-0.2, 0) is 13.0 Å². The summed E-state index contributed by atoms with van der Waals surface area (Å²) in [6, 6.07) is 12.2. The van der Waals surface area contributed by atoms with Gasteiger partial charge in [-0.05, 0) is 68.1 Å². The molecule has 0 aliphatic rings. The van der Waals surface area contributed by atoms with Crippen molar-refractivity contribution in [2.75, 3.05) is 12.4 Å². The fourth-order valence-electron chi connectivity index (χ4n) is 3.51. The molecule has 4 heteroatoms. The number of anilines is 1. The van der Waals surface area contributed by atoms with Crippen LogP contribution in [0, 0.1) is 13.8 Å². The summed E-state index contributed by atoms with van der Waals surface area (Å²) < 4.78 is 7.48. The first-order valence-electron chi connectivity index (χ1n) is 9.07. The summed E-state index contributed by atoms with van der Waals surface area (Å²) in [6.45, 7) is 8.97. The molecule has 1 aromatic heterocycles. The van der Waals surface area contributed by atoms with Crippen LogP contribution >= 0.6 is 0 Å². The van der Waals surface area contributed by atoms with Crippen molar-refractivity contribution in [2.24, 2.45) is 0 Å². The Labute approximate surface area is 154 Å². The summed E-state index contributed by atoms with van der Waals surface area (Å²) in [5.74, 6) is 0.552. The van der Waals surface area contributed by atoms with Crippen molar-refractivity contribution < 1.29 is 9.53 Å². The number of fused-ring (bicyclic) bond motifs is 1. The van der Waals surface area contributed by atoms with Crippen LogP contribution in [0.3, 0.4) is 0 Å². The molecule has 0 atom stereocenters. The quantitative estimate of drug-likeness (QED) is 0.695. The van der Waals surface area contributed by atoms with E-state index in [1.807, 2.05) is 32.0 Å². The van der Waals surface area contributed by atoms with Crippen molar-refractivity contribution in [3.8, 4) is 5.75 Å². The number of amides is 1. The molecule has 0 saturated carbocycles. The maximum atomic E-state index is 13.1. The molecule has 0 radical (unpaired) electrons. The molecule has 0 aliphatic heterocycles. The lowest BCUT2D eigenvalue weighted by Gasteiger charge is -2.13. The first-order chi connectivity index (χ1) is 12.5. The number of hydrogen-bond acceptors (Lipinski definition) is 2. The van der Waals surface area contributed by atoms with Gasteiger partial charge < -0.3 is 14.6 Å². The van der Waals surface area contributed by atoms with Crippen molar-refractivity contribution in [3.05, 3.63) is 58.8 Å². The zero-order valence-corrected chi connectivity index (χ0v) is 16.1. The SMILES string of the molecule is CCc1ccc2c(c1)c(C)c(C(=O)Nc1cc(C)ccc1OC)n2CC. The lowest BCUT2D eigenvalue weighted by Crippen LogP contribution is -2.18. The van der Waals surface area contributed by atoms with E-state index in [9.17, 15) is 4.79 Å². The number of carbonyl (C=O) groups excluding carboxylic acids is 1. The van der Waals surface area contributed by atoms with Gasteiger partial charge in [0.15, 0.2) is 0 Å². The van der Waals surface area contributed by atoms with Gasteiger partial charge in [0.25, 0.3) is 5.91 Å². The van der Waals surface area contributed by atoms with Crippen molar-refractivity contribution >= 4 is 22.5 Å². The van der Waals surface area contributed by atoms with Crippen molar-refractivity contribution in [1.29, 1.82) is 0 Å². The number of rotatable bonds is 5. The predicted octanol–water partition coefficient (Wildman–Crippen LogP) is 5.10. The summed E-state index contributed by atoms with van der Waals surface area (Å²) in [6.07, 6.45) is 0.981. The maximum Gasteiger partial charge on any atom is 0.272 e. The number of benzene rings is 2. The van der Waals surface area contributed by atoms with Gasteiger partial charge in [-0.25, -0.2) is 0 Å². The number of hydrogen-bond donors (Lipinski definition) is 1. The average Bonchev–Trinajstić information content (AvgIpc) is 2.93. The van der Waals surface area contributed by atoms with Crippen LogP contribution in [0.15, 0.2) is 36.4 Å². The highest BCUT2D eigenvalue weighted by Crippen LogP contribution is 2.30. The van der Waals surface area contributed by atoms with Gasteiger partial charge in [-0.1, -0.05) is 19.1 Å². The third kappa shape index (κ3) is 3.07. The number of nitrogens with one attached hydrogen (secondary N) is 1. The van der Waals surface area contributed by atoms with E-state index in [-0.39, 0.29) is 5.91 Å². The number of aromatic nitrogens is 1. The number of methoxy groups -OCH3 is 1. The van der Waals surface area contributed by atoms with E-state index in [0.29, 0.717) is 17.1 Å². The lowest BCUT2D eigenvalue weighted by molar-refractivity contribution is 0.101. The topological polar surface area (TPSA) is 43.3 Å². The van der Waals surface area contributed by atoms with Crippen LogP contribution in [0.5, 0.6) is 5.75 Å². The molecule has 1 amide bonds. The molecular weight excluding hydrogens is 324 g/mol. The molecular formula is C22H26N2O2. The third-order valence-electron chi connectivity index (χ3n) is 4.92. The Hall–Kier alpha value is -2.75. The zero-order chi connectivity index (χ0) is 18.8. The fourth-order valence-corrected chi connectivity index (χ4v) is 3.51. The van der Waals surface area contributed by atoms with E-state index in [1.165, 1.54) is 5.56 Å². The molecule has 2 aromatic carbocycles. The first kappa shape index (κ1) is 18.1. The Morgan fingerprint density at radius 1 is 1.12 bits per heavy atom. The van der Waals surface area contributed by atoms with Crippen LogP contribution in [-0.4, -0.2) is 17.6 Å². The smallest absolute Gasteiger partial charge is 0.272 e. The highest BCUT2D eigenvalue weighted by molar-refractivity contribution is 6.09. The summed E-state index contributed by atoms with van der Waals surface area (Å²) in [4.78, 5) is 13.1. The average molecular weight is 350 g/mol. The summed E-state index contributed by atoms with van der Waals surface area (Å²) in [5, 5.41) is 4.18. The largest absolute Gasteiger partial charge is 0.495 e. The highest BCUT2D eigenvalue weighted by Gasteiger charge is 2.20. The standard InChI is InChI=1S/C22H26N2O2/c1-6-16-9-10-19-17(13-16)15(4)21(24(19)7-2)22(25)23-18-12-14(3)8-11-20(18)26-5/h8-13H,6-7H2,1-5H3,(H,23,25). The fraction of sp³-hybridized carbons (Fsp3) is 0.318. The van der Waals surface area contributed by atoms with Crippen LogP contribution in [0.1, 0.15) is 41.0 Å². The van der Waals surface area contributed by atoms with Gasteiger partial charge in [0.1, 0.15) is 11.4 Å². The van der Waals surface area contributed by atoms with E-state index in [2.05, 4.69) is 41.9 Å². The molecule has 3 rings (SSSR count). The number of aryl methyl sites for hydroxylation is 4. The van der Waals surface area contributed by atoms with Crippen LogP contribution < -0.4 is 10.1 Å². The lowest BCUT2D eigenvalue weighted by atomic mass is 10.1. The number of carbonyl (C=O) groups is 1. The first-order valence-corrected chi connectivity index (χ1v) is 9.07. The predicted molar refractivity (Wildman–Crippen MR) is 107 cm³/mol. The molecule has 0 bridgehead atoms. The van der Waals surface area contributed by atoms with Gasteiger partial charge in [-0.2, -0.15) is 0 Å². The maximum absolute atomic E-state index is 13.1. The van der Waals surface area contributed by atoms with E-state index >= 15 is 0 Å². The minimum atomic E-state index is -0.109. The van der Waals surface area contributed by atoms with E-state index in [4.69, 9.17) is 4.74 Å². The molecule has 26 heavy (non-hydrogen) atoms. The van der Waals surface area contributed by atoms with Gasteiger partial charge in [0.2, 0.25) is 0 Å². The molecule has 0 saturated heterocycles. The molecule has 0 unspecified atom stereocenters. The molecule has 4 nitrogen and oxygen atoms in total. The van der Waals surface area contributed by atoms with E-state index < -0.39 is 0 Å². The van der Waals surface area contributed by atoms with Gasteiger partial charge in [0, 0.05) is 17.4 Å². The Balaban J connectivity index is 2.08. The number of nitrogens with zero attached hydrogens (tertiary/aromatic N) is 1. The van der Waals surface area contributed by atoms with Crippen molar-refractivity contribution in [1.82, 2.24) is 4.57 Å². The van der Waals surface area contributed by atoms with Gasteiger partial charge in [-0.3, -0.25) is 4.79 Å². The second kappa shape index (κ2) is 7.24. The van der Waals surface area contributed by atoms with Gasteiger partial charge in [-0.15, -0.1) is 0 Å². The Kier molecular flexibility index (Phi) is 5.03. The van der Waals surface area contributed by atoms with Crippen LogP contribution in [0.2, 0.25) is 0 Å². The van der Waals surface area contributed by atoms with E-state index in [1.54, 1.807) is 7.11 Å². The van der Waals surface area contributed by atoms with Crippen LogP contribution in [0.4, 0.5) is 5.69 Å². The van der Waals surface area contributed by atoms with Crippen molar-refractivity contribution in [3.63, 3.8) is 0 Å². The van der Waals surface area contributed by atoms with Crippen molar-refractivity contribution in [2.45, 2.75) is 40.7 Å². The minimum absolute atomic E-state index is 0.109.